The van der Waals surface area contributed by atoms with Crippen molar-refractivity contribution in [3.63, 3.8) is 0 Å². The van der Waals surface area contributed by atoms with E-state index in [-0.39, 0.29) is 29.3 Å². The Balaban J connectivity index is 2.42. The highest BCUT2D eigenvalue weighted by atomic mass is 19.1. The van der Waals surface area contributed by atoms with Crippen molar-refractivity contribution in [1.82, 2.24) is 0 Å². The number of nitrogens with two attached hydrogens (primary N) is 1. The lowest BCUT2D eigenvalue weighted by Crippen LogP contribution is -1.99. The molecule has 0 atom stereocenters. The summed E-state index contributed by atoms with van der Waals surface area (Å²) in [7, 11) is 0. The van der Waals surface area contributed by atoms with Crippen LogP contribution >= 0.6 is 0 Å². The number of nitro benzene ring substituents is 1. The fourth-order valence-electron chi connectivity index (χ4n) is 1.74. The van der Waals surface area contributed by atoms with E-state index in [9.17, 15) is 14.5 Å². The molecule has 2 aromatic carbocycles. The number of hydrogen-bond donors (Lipinski definition) is 1. The van der Waals surface area contributed by atoms with E-state index in [1.165, 1.54) is 24.3 Å². The zero-order chi connectivity index (χ0) is 15.4. The van der Waals surface area contributed by atoms with E-state index in [4.69, 9.17) is 15.7 Å². The molecule has 0 aromatic heterocycles. The van der Waals surface area contributed by atoms with E-state index in [1.54, 1.807) is 6.07 Å². The zero-order valence-corrected chi connectivity index (χ0v) is 10.7. The quantitative estimate of drug-likeness (QED) is 0.688. The molecule has 0 saturated heterocycles. The molecule has 0 aliphatic rings. The van der Waals surface area contributed by atoms with Crippen LogP contribution in [0.1, 0.15) is 11.1 Å². The molecule has 0 aliphatic heterocycles. The van der Waals surface area contributed by atoms with Gasteiger partial charge in [-0.05, 0) is 29.8 Å². The minimum absolute atomic E-state index is 0.0763. The lowest BCUT2D eigenvalue weighted by molar-refractivity contribution is -0.385. The topological polar surface area (TPSA) is 102 Å². The average Bonchev–Trinajstić information content (AvgIpc) is 2.46. The molecule has 0 fully saturated rings. The third-order valence-electron chi connectivity index (χ3n) is 2.68. The lowest BCUT2D eigenvalue weighted by Gasteiger charge is -2.08. The van der Waals surface area contributed by atoms with Crippen molar-refractivity contribution in [3.05, 3.63) is 63.5 Å². The Hall–Kier alpha value is -2.98. The first-order chi connectivity index (χ1) is 10.0. The van der Waals surface area contributed by atoms with Crippen molar-refractivity contribution in [3.8, 4) is 17.6 Å². The summed E-state index contributed by atoms with van der Waals surface area (Å²) in [5, 5.41) is 19.7. The predicted octanol–water partition coefficient (Wildman–Crippen LogP) is 2.86. The van der Waals surface area contributed by atoms with Gasteiger partial charge in [-0.2, -0.15) is 5.26 Å². The SMILES string of the molecule is N#Cc1ccc(Oc2cc(F)cc(CN)c2)c([N+](=O)[O-])c1. The highest BCUT2D eigenvalue weighted by Crippen LogP contribution is 2.32. The fraction of sp³-hybridized carbons (Fsp3) is 0.0714. The van der Waals surface area contributed by atoms with Crippen LogP contribution in [0.2, 0.25) is 0 Å². The molecule has 0 aliphatic carbocycles. The van der Waals surface area contributed by atoms with Crippen LogP contribution in [0.25, 0.3) is 0 Å². The molecule has 2 aromatic rings. The second kappa shape index (κ2) is 5.98. The van der Waals surface area contributed by atoms with Crippen LogP contribution < -0.4 is 10.5 Å². The number of nitrogens with zero attached hydrogens (tertiary/aromatic N) is 2. The molecule has 7 heteroatoms. The molecular formula is C14H10FN3O3. The molecule has 106 valence electrons. The van der Waals surface area contributed by atoms with Gasteiger partial charge >= 0.3 is 5.69 Å². The smallest absolute Gasteiger partial charge is 0.312 e. The summed E-state index contributed by atoms with van der Waals surface area (Å²) in [6, 6.07) is 9.42. The second-order valence-corrected chi connectivity index (χ2v) is 4.15. The van der Waals surface area contributed by atoms with E-state index < -0.39 is 10.7 Å². The largest absolute Gasteiger partial charge is 0.450 e. The van der Waals surface area contributed by atoms with Crippen LogP contribution in [0.5, 0.6) is 11.5 Å². The average molecular weight is 287 g/mol. The van der Waals surface area contributed by atoms with E-state index in [0.29, 0.717) is 5.56 Å². The Morgan fingerprint density at radius 1 is 1.33 bits per heavy atom. The molecule has 0 amide bonds. The Labute approximate surface area is 119 Å². The van der Waals surface area contributed by atoms with Gasteiger partial charge in [-0.25, -0.2) is 4.39 Å². The summed E-state index contributed by atoms with van der Waals surface area (Å²) in [5.41, 5.74) is 5.70. The number of benzene rings is 2. The molecule has 0 radical (unpaired) electrons. The maximum Gasteiger partial charge on any atom is 0.312 e. The van der Waals surface area contributed by atoms with Gasteiger partial charge in [0.25, 0.3) is 0 Å². The maximum absolute atomic E-state index is 13.4. The standard InChI is InChI=1S/C14H10FN3O3/c15-11-3-10(8-17)4-12(6-11)21-14-2-1-9(7-16)5-13(14)18(19)20/h1-6H,8,17H2. The summed E-state index contributed by atoms with van der Waals surface area (Å²) in [4.78, 5) is 10.3. The first-order valence-corrected chi connectivity index (χ1v) is 5.89. The minimum Gasteiger partial charge on any atom is -0.450 e. The number of nitro groups is 1. The van der Waals surface area contributed by atoms with Crippen molar-refractivity contribution >= 4 is 5.69 Å². The van der Waals surface area contributed by atoms with Crippen LogP contribution in [0.3, 0.4) is 0 Å². The van der Waals surface area contributed by atoms with Crippen LogP contribution in [0.15, 0.2) is 36.4 Å². The normalized spacial score (nSPS) is 9.95. The van der Waals surface area contributed by atoms with Crippen molar-refractivity contribution in [1.29, 1.82) is 5.26 Å². The van der Waals surface area contributed by atoms with Crippen molar-refractivity contribution in [2.24, 2.45) is 5.73 Å². The molecule has 0 bridgehead atoms. The summed E-state index contributed by atoms with van der Waals surface area (Å²) in [6.45, 7) is 0.115. The van der Waals surface area contributed by atoms with Crippen LogP contribution in [-0.2, 0) is 6.54 Å². The molecule has 6 nitrogen and oxygen atoms in total. The van der Waals surface area contributed by atoms with Gasteiger partial charge in [0.1, 0.15) is 11.6 Å². The number of rotatable bonds is 4. The summed E-state index contributed by atoms with van der Waals surface area (Å²) >= 11 is 0. The van der Waals surface area contributed by atoms with Crippen LogP contribution in [0.4, 0.5) is 10.1 Å². The van der Waals surface area contributed by atoms with Gasteiger partial charge in [0.05, 0.1) is 16.6 Å². The monoisotopic (exact) mass is 287 g/mol. The number of nitriles is 1. The predicted molar refractivity (Wildman–Crippen MR) is 72.2 cm³/mol. The highest BCUT2D eigenvalue weighted by molar-refractivity contribution is 5.53. The number of hydrogen-bond acceptors (Lipinski definition) is 5. The van der Waals surface area contributed by atoms with Gasteiger partial charge in [0, 0.05) is 18.7 Å². The maximum atomic E-state index is 13.4. The van der Waals surface area contributed by atoms with Crippen molar-refractivity contribution in [2.45, 2.75) is 6.54 Å². The highest BCUT2D eigenvalue weighted by Gasteiger charge is 2.17. The van der Waals surface area contributed by atoms with E-state index in [0.717, 1.165) is 12.1 Å². The number of ether oxygens (including phenoxy) is 1. The first-order valence-electron chi connectivity index (χ1n) is 5.89. The van der Waals surface area contributed by atoms with Crippen LogP contribution in [-0.4, -0.2) is 4.92 Å². The van der Waals surface area contributed by atoms with Gasteiger partial charge in [-0.15, -0.1) is 0 Å². The Kier molecular flexibility index (Phi) is 4.11. The van der Waals surface area contributed by atoms with Gasteiger partial charge in [0.2, 0.25) is 5.75 Å². The molecule has 2 rings (SSSR count). The van der Waals surface area contributed by atoms with Gasteiger partial charge in [0.15, 0.2) is 0 Å². The third-order valence-corrected chi connectivity index (χ3v) is 2.68. The molecule has 0 spiro atoms. The fourth-order valence-corrected chi connectivity index (χ4v) is 1.74. The van der Waals surface area contributed by atoms with Crippen LogP contribution in [0, 0.1) is 27.3 Å². The van der Waals surface area contributed by atoms with E-state index in [2.05, 4.69) is 0 Å². The minimum atomic E-state index is -0.667. The Morgan fingerprint density at radius 2 is 2.10 bits per heavy atom. The van der Waals surface area contributed by atoms with Crippen molar-refractivity contribution in [2.75, 3.05) is 0 Å². The molecule has 0 unspecified atom stereocenters. The molecule has 2 N–H and O–H groups in total. The zero-order valence-electron chi connectivity index (χ0n) is 10.7. The third kappa shape index (κ3) is 3.32. The Bertz CT molecular complexity index is 741. The van der Waals surface area contributed by atoms with Gasteiger partial charge in [-0.1, -0.05) is 0 Å². The van der Waals surface area contributed by atoms with E-state index >= 15 is 0 Å². The van der Waals surface area contributed by atoms with E-state index in [1.807, 2.05) is 0 Å². The van der Waals surface area contributed by atoms with Gasteiger partial charge in [-0.3, -0.25) is 10.1 Å². The molecule has 21 heavy (non-hydrogen) atoms. The van der Waals surface area contributed by atoms with Gasteiger partial charge < -0.3 is 10.5 Å². The summed E-state index contributed by atoms with van der Waals surface area (Å²) in [6.07, 6.45) is 0. The lowest BCUT2D eigenvalue weighted by atomic mass is 10.2. The molecule has 0 heterocycles. The van der Waals surface area contributed by atoms with Crippen molar-refractivity contribution < 1.29 is 14.1 Å². The molecular weight excluding hydrogens is 277 g/mol. The summed E-state index contributed by atoms with van der Waals surface area (Å²) in [5.74, 6) is -0.528. The second-order valence-electron chi connectivity index (χ2n) is 4.15. The number of halogens is 1. The molecule has 0 saturated carbocycles. The Morgan fingerprint density at radius 3 is 2.71 bits per heavy atom. The summed E-state index contributed by atoms with van der Waals surface area (Å²) < 4.78 is 18.7. The first kappa shape index (κ1) is 14.4.